The third-order valence-electron chi connectivity index (χ3n) is 3.50. The van der Waals surface area contributed by atoms with Crippen molar-refractivity contribution < 1.29 is 4.74 Å². The molecular weight excluding hydrogens is 258 g/mol. The molecule has 0 radical (unpaired) electrons. The minimum absolute atomic E-state index is 0.255. The van der Waals surface area contributed by atoms with E-state index in [9.17, 15) is 0 Å². The molecule has 1 fully saturated rings. The van der Waals surface area contributed by atoms with E-state index in [-0.39, 0.29) is 5.11 Å². The number of hydrogen-bond acceptors (Lipinski definition) is 3. The molecule has 1 aliphatic heterocycles. The fraction of sp³-hybridized carbons (Fsp3) is 0.500. The summed E-state index contributed by atoms with van der Waals surface area (Å²) in [7, 11) is 2.16. The fourth-order valence-electron chi connectivity index (χ4n) is 2.37. The number of likely N-dealkylation sites (N-methyl/N-ethyl adjacent to an activating group) is 1. The summed E-state index contributed by atoms with van der Waals surface area (Å²) in [6.07, 6.45) is 3.76. The first-order valence-electron chi connectivity index (χ1n) is 6.65. The molecule has 19 heavy (non-hydrogen) atoms. The van der Waals surface area contributed by atoms with E-state index < -0.39 is 0 Å². The van der Waals surface area contributed by atoms with Crippen LogP contribution in [-0.4, -0.2) is 36.3 Å². The number of para-hydroxylation sites is 2. The average molecular weight is 279 g/mol. The van der Waals surface area contributed by atoms with Crippen LogP contribution in [0.3, 0.4) is 0 Å². The Balaban J connectivity index is 1.96. The highest BCUT2D eigenvalue weighted by molar-refractivity contribution is 7.80. The van der Waals surface area contributed by atoms with Gasteiger partial charge in [0.1, 0.15) is 12.4 Å². The molecule has 1 aliphatic rings. The van der Waals surface area contributed by atoms with Crippen molar-refractivity contribution >= 4 is 23.0 Å². The quantitative estimate of drug-likeness (QED) is 0.828. The van der Waals surface area contributed by atoms with E-state index in [0.717, 1.165) is 18.0 Å². The van der Waals surface area contributed by atoms with Crippen molar-refractivity contribution in [1.82, 2.24) is 4.90 Å². The number of nitrogens with zero attached hydrogens (tertiary/aromatic N) is 1. The topological polar surface area (TPSA) is 50.5 Å². The van der Waals surface area contributed by atoms with E-state index >= 15 is 0 Å². The molecule has 4 nitrogen and oxygen atoms in total. The molecule has 2 rings (SSSR count). The number of likely N-dealkylation sites (tertiary alicyclic amines) is 1. The van der Waals surface area contributed by atoms with E-state index in [1.165, 1.54) is 19.3 Å². The number of anilines is 1. The van der Waals surface area contributed by atoms with Gasteiger partial charge in [-0.15, -0.1) is 0 Å². The largest absolute Gasteiger partial charge is 0.490 e. The number of rotatable bonds is 4. The molecule has 1 heterocycles. The highest BCUT2D eigenvalue weighted by atomic mass is 32.1. The summed E-state index contributed by atoms with van der Waals surface area (Å²) in [5.41, 5.74) is 6.34. The highest BCUT2D eigenvalue weighted by Crippen LogP contribution is 2.25. The highest BCUT2D eigenvalue weighted by Gasteiger charge is 2.19. The summed E-state index contributed by atoms with van der Waals surface area (Å²) in [5, 5.41) is 3.20. The second-order valence-electron chi connectivity index (χ2n) is 4.93. The van der Waals surface area contributed by atoms with E-state index in [0.29, 0.717) is 12.6 Å². The van der Waals surface area contributed by atoms with E-state index in [2.05, 4.69) is 17.3 Å². The standard InChI is InChI=1S/C14H21N3OS/c1-17-9-5-4-6-11(17)10-18-13-8-3-2-7-12(13)16-14(15)19/h2-3,7-8,11H,4-6,9-10H2,1H3,(H3,15,16,19). The van der Waals surface area contributed by atoms with Crippen LogP contribution in [0, 0.1) is 0 Å². The molecule has 0 bridgehead atoms. The van der Waals surface area contributed by atoms with Gasteiger partial charge in [-0.1, -0.05) is 18.6 Å². The summed E-state index contributed by atoms with van der Waals surface area (Å²) in [4.78, 5) is 2.37. The number of ether oxygens (including phenoxy) is 1. The summed E-state index contributed by atoms with van der Waals surface area (Å²) >= 11 is 4.87. The number of hydrogen-bond donors (Lipinski definition) is 2. The number of piperidine rings is 1. The molecule has 3 N–H and O–H groups in total. The van der Waals surface area contributed by atoms with Crippen molar-refractivity contribution in [2.75, 3.05) is 25.5 Å². The molecule has 0 aliphatic carbocycles. The van der Waals surface area contributed by atoms with Crippen molar-refractivity contribution in [3.05, 3.63) is 24.3 Å². The second-order valence-corrected chi connectivity index (χ2v) is 5.37. The van der Waals surface area contributed by atoms with Gasteiger partial charge < -0.3 is 20.7 Å². The first-order valence-corrected chi connectivity index (χ1v) is 7.06. The zero-order chi connectivity index (χ0) is 13.7. The van der Waals surface area contributed by atoms with Crippen molar-refractivity contribution in [2.45, 2.75) is 25.3 Å². The smallest absolute Gasteiger partial charge is 0.168 e. The van der Waals surface area contributed by atoms with Crippen molar-refractivity contribution in [1.29, 1.82) is 0 Å². The summed E-state index contributed by atoms with van der Waals surface area (Å²) < 4.78 is 5.93. The third-order valence-corrected chi connectivity index (χ3v) is 3.60. The van der Waals surface area contributed by atoms with Crippen LogP contribution in [0.25, 0.3) is 0 Å². The third kappa shape index (κ3) is 4.08. The van der Waals surface area contributed by atoms with Crippen LogP contribution in [0.4, 0.5) is 5.69 Å². The molecule has 104 valence electrons. The molecule has 0 spiro atoms. The summed E-state index contributed by atoms with van der Waals surface area (Å²) in [5.74, 6) is 0.800. The van der Waals surface area contributed by atoms with Gasteiger partial charge in [0.05, 0.1) is 5.69 Å². The number of benzene rings is 1. The minimum atomic E-state index is 0.255. The summed E-state index contributed by atoms with van der Waals surface area (Å²) in [6, 6.07) is 8.22. The monoisotopic (exact) mass is 279 g/mol. The van der Waals surface area contributed by atoms with Gasteiger partial charge in [-0.3, -0.25) is 0 Å². The SMILES string of the molecule is CN1CCCCC1COc1ccccc1NC(N)=S. The van der Waals surface area contributed by atoms with Gasteiger partial charge in [0.25, 0.3) is 0 Å². The van der Waals surface area contributed by atoms with Crippen molar-refractivity contribution in [3.63, 3.8) is 0 Å². The molecule has 0 saturated carbocycles. The summed E-state index contributed by atoms with van der Waals surface area (Å²) in [6.45, 7) is 1.85. The Hall–Kier alpha value is -1.33. The molecule has 0 aromatic heterocycles. The Kier molecular flexibility index (Phi) is 4.99. The molecule has 1 aromatic carbocycles. The average Bonchev–Trinajstić information content (AvgIpc) is 2.39. The van der Waals surface area contributed by atoms with Crippen LogP contribution in [0.2, 0.25) is 0 Å². The molecule has 1 saturated heterocycles. The van der Waals surface area contributed by atoms with Crippen molar-refractivity contribution in [3.8, 4) is 5.75 Å². The zero-order valence-corrected chi connectivity index (χ0v) is 12.1. The van der Waals surface area contributed by atoms with Gasteiger partial charge in [0.2, 0.25) is 0 Å². The minimum Gasteiger partial charge on any atom is -0.490 e. The Morgan fingerprint density at radius 1 is 1.47 bits per heavy atom. The van der Waals surface area contributed by atoms with Gasteiger partial charge in [-0.25, -0.2) is 0 Å². The van der Waals surface area contributed by atoms with Gasteiger partial charge in [-0.05, 0) is 50.8 Å². The molecule has 1 atom stereocenters. The fourth-order valence-corrected chi connectivity index (χ4v) is 2.48. The maximum absolute atomic E-state index is 5.93. The lowest BCUT2D eigenvalue weighted by molar-refractivity contribution is 0.125. The number of nitrogens with one attached hydrogen (secondary N) is 1. The maximum atomic E-state index is 5.93. The van der Waals surface area contributed by atoms with Gasteiger partial charge in [-0.2, -0.15) is 0 Å². The maximum Gasteiger partial charge on any atom is 0.168 e. The van der Waals surface area contributed by atoms with Gasteiger partial charge in [0, 0.05) is 6.04 Å². The van der Waals surface area contributed by atoms with Gasteiger partial charge in [0.15, 0.2) is 5.11 Å². The van der Waals surface area contributed by atoms with Crippen LogP contribution >= 0.6 is 12.2 Å². The molecular formula is C14H21N3OS. The van der Waals surface area contributed by atoms with Crippen LogP contribution in [-0.2, 0) is 0 Å². The Morgan fingerprint density at radius 3 is 3.00 bits per heavy atom. The normalized spacial score (nSPS) is 19.9. The lowest BCUT2D eigenvalue weighted by atomic mass is 10.0. The Bertz CT molecular complexity index is 438. The Morgan fingerprint density at radius 2 is 2.26 bits per heavy atom. The Labute approximate surface area is 119 Å². The molecule has 5 heteroatoms. The van der Waals surface area contributed by atoms with E-state index in [4.69, 9.17) is 22.7 Å². The lowest BCUT2D eigenvalue weighted by Gasteiger charge is -2.32. The molecule has 1 aromatic rings. The van der Waals surface area contributed by atoms with E-state index in [1.54, 1.807) is 0 Å². The van der Waals surface area contributed by atoms with Crippen LogP contribution < -0.4 is 15.8 Å². The lowest BCUT2D eigenvalue weighted by Crippen LogP contribution is -2.40. The zero-order valence-electron chi connectivity index (χ0n) is 11.3. The number of thiocarbonyl (C=S) groups is 1. The molecule has 0 amide bonds. The van der Waals surface area contributed by atoms with Gasteiger partial charge >= 0.3 is 0 Å². The molecule has 1 unspecified atom stereocenters. The predicted molar refractivity (Wildman–Crippen MR) is 82.6 cm³/mol. The predicted octanol–water partition coefficient (Wildman–Crippen LogP) is 2.21. The number of nitrogens with two attached hydrogens (primary N) is 1. The van der Waals surface area contributed by atoms with Crippen LogP contribution in [0.5, 0.6) is 5.75 Å². The van der Waals surface area contributed by atoms with Crippen LogP contribution in [0.15, 0.2) is 24.3 Å². The second kappa shape index (κ2) is 6.73. The van der Waals surface area contributed by atoms with E-state index in [1.807, 2.05) is 24.3 Å². The van der Waals surface area contributed by atoms with Crippen LogP contribution in [0.1, 0.15) is 19.3 Å². The first-order chi connectivity index (χ1) is 9.16. The van der Waals surface area contributed by atoms with Crippen molar-refractivity contribution in [2.24, 2.45) is 5.73 Å². The first kappa shape index (κ1) is 14.1.